The van der Waals surface area contributed by atoms with Gasteiger partial charge in [-0.3, -0.25) is 0 Å². The maximum absolute atomic E-state index is 11.8. The molecule has 1 atom stereocenters. The summed E-state index contributed by atoms with van der Waals surface area (Å²) in [6, 6.07) is 0. The molecule has 0 aromatic heterocycles. The number of thioether (sulfide) groups is 1. The number of nitrogens with one attached hydrogen (secondary N) is 1. The minimum atomic E-state index is -2.96. The summed E-state index contributed by atoms with van der Waals surface area (Å²) in [5, 5.41) is 3.95. The Kier molecular flexibility index (Phi) is 5.13. The van der Waals surface area contributed by atoms with E-state index in [0.717, 1.165) is 6.54 Å². The van der Waals surface area contributed by atoms with E-state index in [4.69, 9.17) is 0 Å². The van der Waals surface area contributed by atoms with E-state index in [1.807, 2.05) is 11.8 Å². The van der Waals surface area contributed by atoms with Gasteiger partial charge in [0.15, 0.2) is 9.84 Å². The summed E-state index contributed by atoms with van der Waals surface area (Å²) in [5.74, 6) is 1.50. The number of hydrogen-bond acceptors (Lipinski definition) is 4. The van der Waals surface area contributed by atoms with Crippen LogP contribution in [-0.4, -0.2) is 43.0 Å². The first-order valence-electron chi connectivity index (χ1n) is 5.87. The quantitative estimate of drug-likeness (QED) is 0.768. The normalized spacial score (nSPS) is 22.6. The Hall–Kier alpha value is 0.260. The second-order valence-electron chi connectivity index (χ2n) is 5.27. The van der Waals surface area contributed by atoms with E-state index in [1.165, 1.54) is 18.6 Å². The summed E-state index contributed by atoms with van der Waals surface area (Å²) in [5.41, 5.74) is 0. The minimum Gasteiger partial charge on any atom is -0.315 e. The number of sulfone groups is 1. The highest BCUT2D eigenvalue weighted by Crippen LogP contribution is 2.25. The Bertz CT molecular complexity index is 300. The second kappa shape index (κ2) is 5.74. The molecule has 1 aliphatic heterocycles. The Balaban J connectivity index is 2.20. The lowest BCUT2D eigenvalue weighted by molar-refractivity contribution is 0.555. The predicted molar refractivity (Wildman–Crippen MR) is 71.9 cm³/mol. The fraction of sp³-hybridized carbons (Fsp3) is 1.00. The van der Waals surface area contributed by atoms with Crippen molar-refractivity contribution in [3.63, 3.8) is 0 Å². The van der Waals surface area contributed by atoms with Crippen LogP contribution in [0.1, 0.15) is 33.6 Å². The second-order valence-corrected chi connectivity index (χ2v) is 9.54. The average molecular weight is 265 g/mol. The summed E-state index contributed by atoms with van der Waals surface area (Å²) < 4.78 is 23.0. The zero-order valence-electron chi connectivity index (χ0n) is 10.5. The maximum atomic E-state index is 11.8. The van der Waals surface area contributed by atoms with Crippen LogP contribution in [0.5, 0.6) is 0 Å². The molecule has 0 saturated carbocycles. The van der Waals surface area contributed by atoms with Gasteiger partial charge in [-0.1, -0.05) is 0 Å². The smallest absolute Gasteiger partial charge is 0.156 e. The first-order chi connectivity index (χ1) is 7.33. The van der Waals surface area contributed by atoms with Crippen LogP contribution in [0.25, 0.3) is 0 Å². The van der Waals surface area contributed by atoms with Crippen LogP contribution < -0.4 is 5.32 Å². The molecule has 0 radical (unpaired) electrons. The molecule has 1 N–H and O–H groups in total. The average Bonchev–Trinajstić information content (AvgIpc) is 2.63. The first kappa shape index (κ1) is 14.3. The van der Waals surface area contributed by atoms with Gasteiger partial charge in [0, 0.05) is 18.3 Å². The van der Waals surface area contributed by atoms with E-state index < -0.39 is 14.6 Å². The molecule has 1 aliphatic rings. The van der Waals surface area contributed by atoms with Crippen molar-refractivity contribution in [1.82, 2.24) is 5.32 Å². The third-order valence-electron chi connectivity index (χ3n) is 2.88. The van der Waals surface area contributed by atoms with E-state index in [-0.39, 0.29) is 5.75 Å². The fourth-order valence-corrected chi connectivity index (χ4v) is 3.84. The Morgan fingerprint density at radius 1 is 1.38 bits per heavy atom. The van der Waals surface area contributed by atoms with E-state index in [1.54, 1.807) is 20.8 Å². The molecule has 1 fully saturated rings. The summed E-state index contributed by atoms with van der Waals surface area (Å²) in [4.78, 5) is 0. The summed E-state index contributed by atoms with van der Waals surface area (Å²) in [7, 11) is -2.96. The zero-order chi connectivity index (χ0) is 12.2. The third-order valence-corrected chi connectivity index (χ3v) is 6.88. The fourth-order valence-electron chi connectivity index (χ4n) is 1.58. The van der Waals surface area contributed by atoms with E-state index in [0.29, 0.717) is 11.8 Å². The lowest BCUT2D eigenvalue weighted by Crippen LogP contribution is -2.36. The van der Waals surface area contributed by atoms with Crippen molar-refractivity contribution in [2.24, 2.45) is 0 Å². The van der Waals surface area contributed by atoms with E-state index in [9.17, 15) is 8.42 Å². The minimum absolute atomic E-state index is 0.244. The standard InChI is InChI=1S/C11H23NO2S2/c1-11(2,3)16(13,14)8-6-12-9-10-5-4-7-15-10/h10,12H,4-9H2,1-3H3. The lowest BCUT2D eigenvalue weighted by atomic mass is 10.2. The van der Waals surface area contributed by atoms with Gasteiger partial charge in [-0.15, -0.1) is 0 Å². The van der Waals surface area contributed by atoms with Gasteiger partial charge in [-0.25, -0.2) is 8.42 Å². The molecule has 0 bridgehead atoms. The molecule has 5 heteroatoms. The number of rotatable bonds is 5. The van der Waals surface area contributed by atoms with Crippen LogP contribution in [0.15, 0.2) is 0 Å². The molecule has 1 saturated heterocycles. The summed E-state index contributed by atoms with van der Waals surface area (Å²) in [6.45, 7) is 6.81. The Morgan fingerprint density at radius 3 is 2.56 bits per heavy atom. The van der Waals surface area contributed by atoms with Crippen molar-refractivity contribution in [2.75, 3.05) is 24.6 Å². The molecule has 0 spiro atoms. The van der Waals surface area contributed by atoms with Crippen molar-refractivity contribution in [3.05, 3.63) is 0 Å². The highest BCUT2D eigenvalue weighted by atomic mass is 32.2. The topological polar surface area (TPSA) is 46.2 Å². The van der Waals surface area contributed by atoms with Crippen molar-refractivity contribution < 1.29 is 8.42 Å². The predicted octanol–water partition coefficient (Wildman–Crippen LogP) is 1.68. The molecule has 0 amide bonds. The first-order valence-corrected chi connectivity index (χ1v) is 8.58. The molecule has 0 aliphatic carbocycles. The van der Waals surface area contributed by atoms with Crippen molar-refractivity contribution in [2.45, 2.75) is 43.6 Å². The van der Waals surface area contributed by atoms with Gasteiger partial charge in [0.25, 0.3) is 0 Å². The molecule has 16 heavy (non-hydrogen) atoms. The molecular weight excluding hydrogens is 242 g/mol. The molecular formula is C11H23NO2S2. The largest absolute Gasteiger partial charge is 0.315 e. The third kappa shape index (κ3) is 4.26. The van der Waals surface area contributed by atoms with Gasteiger partial charge in [-0.2, -0.15) is 11.8 Å². The molecule has 1 unspecified atom stereocenters. The van der Waals surface area contributed by atoms with Crippen molar-refractivity contribution in [3.8, 4) is 0 Å². The molecule has 1 heterocycles. The van der Waals surface area contributed by atoms with Gasteiger partial charge in [0.05, 0.1) is 10.5 Å². The van der Waals surface area contributed by atoms with Gasteiger partial charge < -0.3 is 5.32 Å². The molecule has 96 valence electrons. The molecule has 0 aromatic carbocycles. The van der Waals surface area contributed by atoms with Gasteiger partial charge in [-0.05, 0) is 39.4 Å². The highest BCUT2D eigenvalue weighted by Gasteiger charge is 2.28. The number of hydrogen-bond donors (Lipinski definition) is 1. The van der Waals surface area contributed by atoms with Crippen LogP contribution >= 0.6 is 11.8 Å². The van der Waals surface area contributed by atoms with Crippen LogP contribution in [-0.2, 0) is 9.84 Å². The highest BCUT2D eigenvalue weighted by molar-refractivity contribution is 8.00. The van der Waals surface area contributed by atoms with E-state index >= 15 is 0 Å². The summed E-state index contributed by atoms with van der Waals surface area (Å²) in [6.07, 6.45) is 2.57. The molecule has 3 nitrogen and oxygen atoms in total. The SMILES string of the molecule is CC(C)(C)S(=O)(=O)CCNCC1CCCS1. The van der Waals surface area contributed by atoms with Crippen LogP contribution in [0.4, 0.5) is 0 Å². The van der Waals surface area contributed by atoms with Crippen molar-refractivity contribution >= 4 is 21.6 Å². The van der Waals surface area contributed by atoms with Crippen molar-refractivity contribution in [1.29, 1.82) is 0 Å². The molecule has 1 rings (SSSR count). The van der Waals surface area contributed by atoms with Gasteiger partial charge >= 0.3 is 0 Å². The Morgan fingerprint density at radius 2 is 2.06 bits per heavy atom. The zero-order valence-corrected chi connectivity index (χ0v) is 12.1. The van der Waals surface area contributed by atoms with Crippen LogP contribution in [0.2, 0.25) is 0 Å². The lowest BCUT2D eigenvalue weighted by Gasteiger charge is -2.19. The Labute approximate surface area is 104 Å². The molecule has 0 aromatic rings. The summed E-state index contributed by atoms with van der Waals surface area (Å²) >= 11 is 1.99. The van der Waals surface area contributed by atoms with Gasteiger partial charge in [0.1, 0.15) is 0 Å². The monoisotopic (exact) mass is 265 g/mol. The maximum Gasteiger partial charge on any atom is 0.156 e. The van der Waals surface area contributed by atoms with Crippen LogP contribution in [0.3, 0.4) is 0 Å². The van der Waals surface area contributed by atoms with Crippen LogP contribution in [0, 0.1) is 0 Å². The van der Waals surface area contributed by atoms with E-state index in [2.05, 4.69) is 5.32 Å². The van der Waals surface area contributed by atoms with Gasteiger partial charge in [0.2, 0.25) is 0 Å².